The molecule has 0 heterocycles. The number of nitrogens with one attached hydrogen (secondary N) is 1. The van der Waals surface area contributed by atoms with E-state index in [1.54, 1.807) is 12.1 Å². The molecule has 0 unspecified atom stereocenters. The first-order valence-corrected chi connectivity index (χ1v) is 8.57. The van der Waals surface area contributed by atoms with E-state index < -0.39 is 5.82 Å². The largest absolute Gasteiger partial charge is 0.490 e. The first kappa shape index (κ1) is 18.7. The third-order valence-electron chi connectivity index (χ3n) is 3.28. The zero-order valence-corrected chi connectivity index (χ0v) is 15.2. The summed E-state index contributed by atoms with van der Waals surface area (Å²) >= 11 is 12.1. The third kappa shape index (κ3) is 4.92. The lowest BCUT2D eigenvalue weighted by Gasteiger charge is -2.15. The van der Waals surface area contributed by atoms with E-state index in [9.17, 15) is 4.39 Å². The summed E-state index contributed by atoms with van der Waals surface area (Å²) in [7, 11) is 0. The van der Waals surface area contributed by atoms with Gasteiger partial charge in [-0.05, 0) is 43.2 Å². The lowest BCUT2D eigenvalue weighted by molar-refractivity contribution is 0.276. The van der Waals surface area contributed by atoms with E-state index in [-0.39, 0.29) is 5.02 Å². The summed E-state index contributed by atoms with van der Waals surface area (Å²) in [6.07, 6.45) is 0.901. The summed E-state index contributed by atoms with van der Waals surface area (Å²) in [4.78, 5) is 0. The van der Waals surface area contributed by atoms with E-state index >= 15 is 0 Å². The first-order chi connectivity index (χ1) is 11.5. The summed E-state index contributed by atoms with van der Waals surface area (Å²) in [5, 5.41) is 3.82. The SMILES string of the molecule is CCCOc1cc(Cl)c(CNc2ccc(F)c(Cl)c2)cc1OCC. The van der Waals surface area contributed by atoms with Crippen LogP contribution < -0.4 is 14.8 Å². The monoisotopic (exact) mass is 371 g/mol. The van der Waals surface area contributed by atoms with Crippen LogP contribution in [0.2, 0.25) is 10.0 Å². The molecule has 0 fully saturated rings. The Morgan fingerprint density at radius 1 is 1.00 bits per heavy atom. The van der Waals surface area contributed by atoms with Crippen molar-refractivity contribution in [3.8, 4) is 11.5 Å². The van der Waals surface area contributed by atoms with Crippen LogP contribution in [0.15, 0.2) is 30.3 Å². The van der Waals surface area contributed by atoms with Crippen molar-refractivity contribution in [2.24, 2.45) is 0 Å². The van der Waals surface area contributed by atoms with Crippen molar-refractivity contribution in [1.29, 1.82) is 0 Å². The minimum atomic E-state index is -0.448. The van der Waals surface area contributed by atoms with Gasteiger partial charge in [0.1, 0.15) is 5.82 Å². The molecule has 0 spiro atoms. The van der Waals surface area contributed by atoms with Crippen LogP contribution in [-0.2, 0) is 6.54 Å². The summed E-state index contributed by atoms with van der Waals surface area (Å²) in [5.41, 5.74) is 1.56. The smallest absolute Gasteiger partial charge is 0.162 e. The van der Waals surface area contributed by atoms with E-state index in [0.29, 0.717) is 42.0 Å². The Hall–Kier alpha value is -1.65. The van der Waals surface area contributed by atoms with Crippen molar-refractivity contribution in [1.82, 2.24) is 0 Å². The molecule has 0 bridgehead atoms. The molecule has 3 nitrogen and oxygen atoms in total. The molecule has 2 aromatic carbocycles. The normalized spacial score (nSPS) is 10.5. The summed E-state index contributed by atoms with van der Waals surface area (Å²) < 4.78 is 24.5. The first-order valence-electron chi connectivity index (χ1n) is 7.82. The molecule has 130 valence electrons. The van der Waals surface area contributed by atoms with E-state index in [2.05, 4.69) is 5.32 Å². The van der Waals surface area contributed by atoms with Crippen LogP contribution in [0.25, 0.3) is 0 Å². The van der Waals surface area contributed by atoms with E-state index in [1.165, 1.54) is 12.1 Å². The van der Waals surface area contributed by atoms with E-state index in [1.807, 2.05) is 19.9 Å². The minimum Gasteiger partial charge on any atom is -0.490 e. The highest BCUT2D eigenvalue weighted by molar-refractivity contribution is 6.31. The molecule has 0 aromatic heterocycles. The molecule has 1 N–H and O–H groups in total. The summed E-state index contributed by atoms with van der Waals surface area (Å²) in [5.74, 6) is 0.845. The summed E-state index contributed by atoms with van der Waals surface area (Å²) in [6.45, 7) is 5.53. The zero-order chi connectivity index (χ0) is 17.5. The Balaban J connectivity index is 2.16. The van der Waals surface area contributed by atoms with Gasteiger partial charge in [-0.2, -0.15) is 0 Å². The maximum absolute atomic E-state index is 13.2. The molecule has 0 amide bonds. The van der Waals surface area contributed by atoms with Gasteiger partial charge in [-0.25, -0.2) is 4.39 Å². The Labute approximate surface area is 151 Å². The van der Waals surface area contributed by atoms with Crippen molar-refractivity contribution in [3.05, 3.63) is 51.8 Å². The highest BCUT2D eigenvalue weighted by Crippen LogP contribution is 2.34. The standard InChI is InChI=1S/C18H20Cl2FNO2/c1-3-7-24-18-10-14(19)12(8-17(18)23-4-2)11-22-13-5-6-16(21)15(20)9-13/h5-6,8-10,22H,3-4,7,11H2,1-2H3. The van der Waals surface area contributed by atoms with Gasteiger partial charge in [0.15, 0.2) is 11.5 Å². The van der Waals surface area contributed by atoms with Gasteiger partial charge in [0, 0.05) is 23.3 Å². The molecule has 2 aromatic rings. The topological polar surface area (TPSA) is 30.5 Å². The predicted molar refractivity (Wildman–Crippen MR) is 97.1 cm³/mol. The van der Waals surface area contributed by atoms with Crippen molar-refractivity contribution in [2.45, 2.75) is 26.8 Å². The molecule has 6 heteroatoms. The molecule has 0 aliphatic carbocycles. The molecule has 0 aliphatic rings. The molecule has 0 atom stereocenters. The van der Waals surface area contributed by atoms with Gasteiger partial charge in [-0.3, -0.25) is 0 Å². The Morgan fingerprint density at radius 3 is 2.42 bits per heavy atom. The lowest BCUT2D eigenvalue weighted by atomic mass is 10.2. The van der Waals surface area contributed by atoms with E-state index in [0.717, 1.165) is 12.0 Å². The van der Waals surface area contributed by atoms with Gasteiger partial charge >= 0.3 is 0 Å². The van der Waals surface area contributed by atoms with Crippen LogP contribution in [0.1, 0.15) is 25.8 Å². The molecule has 0 saturated carbocycles. The van der Waals surface area contributed by atoms with Gasteiger partial charge in [0.2, 0.25) is 0 Å². The minimum absolute atomic E-state index is 0.0735. The fraction of sp³-hybridized carbons (Fsp3) is 0.333. The van der Waals surface area contributed by atoms with Gasteiger partial charge < -0.3 is 14.8 Å². The zero-order valence-electron chi connectivity index (χ0n) is 13.7. The number of halogens is 3. The van der Waals surface area contributed by atoms with Crippen LogP contribution >= 0.6 is 23.2 Å². The van der Waals surface area contributed by atoms with Crippen LogP contribution in [0, 0.1) is 5.82 Å². The molecule has 2 rings (SSSR count). The second kappa shape index (κ2) is 9.00. The van der Waals surface area contributed by atoms with Crippen molar-refractivity contribution in [2.75, 3.05) is 18.5 Å². The highest BCUT2D eigenvalue weighted by atomic mass is 35.5. The van der Waals surface area contributed by atoms with E-state index in [4.69, 9.17) is 32.7 Å². The molecular weight excluding hydrogens is 352 g/mol. The fourth-order valence-electron chi connectivity index (χ4n) is 2.11. The third-order valence-corrected chi connectivity index (χ3v) is 3.92. The number of rotatable bonds is 8. The average molecular weight is 372 g/mol. The number of hydrogen-bond donors (Lipinski definition) is 1. The number of hydrogen-bond acceptors (Lipinski definition) is 3. The van der Waals surface area contributed by atoms with Gasteiger partial charge in [0.05, 0.1) is 18.2 Å². The average Bonchev–Trinajstić information content (AvgIpc) is 2.56. The Kier molecular flexibility index (Phi) is 7.00. The molecule has 24 heavy (non-hydrogen) atoms. The second-order valence-electron chi connectivity index (χ2n) is 5.15. The second-order valence-corrected chi connectivity index (χ2v) is 5.97. The Morgan fingerprint density at radius 2 is 1.75 bits per heavy atom. The quantitative estimate of drug-likeness (QED) is 0.623. The molecular formula is C18H20Cl2FNO2. The predicted octanol–water partition coefficient (Wildman–Crippen LogP) is 5.93. The fourth-order valence-corrected chi connectivity index (χ4v) is 2.51. The van der Waals surface area contributed by atoms with Crippen molar-refractivity contribution in [3.63, 3.8) is 0 Å². The lowest BCUT2D eigenvalue weighted by Crippen LogP contribution is -2.04. The van der Waals surface area contributed by atoms with Gasteiger partial charge in [-0.15, -0.1) is 0 Å². The number of anilines is 1. The highest BCUT2D eigenvalue weighted by Gasteiger charge is 2.11. The van der Waals surface area contributed by atoms with Crippen LogP contribution in [0.3, 0.4) is 0 Å². The number of ether oxygens (including phenoxy) is 2. The molecule has 0 saturated heterocycles. The number of benzene rings is 2. The summed E-state index contributed by atoms with van der Waals surface area (Å²) in [6, 6.07) is 8.09. The van der Waals surface area contributed by atoms with Crippen LogP contribution in [0.4, 0.5) is 10.1 Å². The Bertz CT molecular complexity index is 695. The van der Waals surface area contributed by atoms with Crippen molar-refractivity contribution >= 4 is 28.9 Å². The van der Waals surface area contributed by atoms with Crippen LogP contribution in [0.5, 0.6) is 11.5 Å². The maximum Gasteiger partial charge on any atom is 0.162 e. The van der Waals surface area contributed by atoms with Gasteiger partial charge in [0.25, 0.3) is 0 Å². The molecule has 0 aliphatic heterocycles. The van der Waals surface area contributed by atoms with Crippen LogP contribution in [-0.4, -0.2) is 13.2 Å². The maximum atomic E-state index is 13.2. The van der Waals surface area contributed by atoms with Gasteiger partial charge in [-0.1, -0.05) is 30.1 Å². The molecule has 0 radical (unpaired) electrons. The van der Waals surface area contributed by atoms with Crippen molar-refractivity contribution < 1.29 is 13.9 Å².